The molecule has 1 saturated heterocycles. The molecule has 0 spiro atoms. The molecule has 5 rings (SSSR count). The van der Waals surface area contributed by atoms with Crippen molar-refractivity contribution in [1.82, 2.24) is 19.9 Å². The van der Waals surface area contributed by atoms with Gasteiger partial charge in [-0.15, -0.1) is 0 Å². The lowest BCUT2D eigenvalue weighted by Crippen LogP contribution is -2.38. The Hall–Kier alpha value is -3.08. The van der Waals surface area contributed by atoms with Gasteiger partial charge < -0.3 is 14.9 Å². The van der Waals surface area contributed by atoms with E-state index in [4.69, 9.17) is 4.98 Å². The second kappa shape index (κ2) is 6.02. The van der Waals surface area contributed by atoms with Gasteiger partial charge in [-0.2, -0.15) is 0 Å². The zero-order chi connectivity index (χ0) is 17.5. The van der Waals surface area contributed by atoms with Crippen LogP contribution in [0.1, 0.15) is 34.9 Å². The molecule has 2 aromatic heterocycles. The van der Waals surface area contributed by atoms with Crippen molar-refractivity contribution < 1.29 is 4.79 Å². The third-order valence-corrected chi connectivity index (χ3v) is 5.40. The summed E-state index contributed by atoms with van der Waals surface area (Å²) < 4.78 is 0. The van der Waals surface area contributed by atoms with E-state index in [1.807, 2.05) is 53.6 Å². The molecule has 2 aromatic carbocycles. The molecule has 0 aliphatic carbocycles. The summed E-state index contributed by atoms with van der Waals surface area (Å²) in [6, 6.07) is 16.0. The van der Waals surface area contributed by atoms with Gasteiger partial charge in [0.15, 0.2) is 0 Å². The molecule has 1 aliphatic rings. The van der Waals surface area contributed by atoms with Crippen molar-refractivity contribution >= 4 is 27.8 Å². The molecule has 0 bridgehead atoms. The lowest BCUT2D eigenvalue weighted by atomic mass is 9.95. The fourth-order valence-electron chi connectivity index (χ4n) is 3.96. The van der Waals surface area contributed by atoms with Crippen molar-refractivity contribution in [3.8, 4) is 0 Å². The molecule has 1 amide bonds. The summed E-state index contributed by atoms with van der Waals surface area (Å²) in [5.41, 5.74) is 3.89. The highest BCUT2D eigenvalue weighted by atomic mass is 16.2. The number of rotatable bonds is 2. The number of hydrogen-bond donors (Lipinski definition) is 2. The van der Waals surface area contributed by atoms with Crippen LogP contribution in [0, 0.1) is 0 Å². The van der Waals surface area contributed by atoms with Crippen molar-refractivity contribution in [3.63, 3.8) is 0 Å². The van der Waals surface area contributed by atoms with Crippen LogP contribution in [0.25, 0.3) is 21.9 Å². The summed E-state index contributed by atoms with van der Waals surface area (Å²) >= 11 is 0. The lowest BCUT2D eigenvalue weighted by Gasteiger charge is -2.31. The van der Waals surface area contributed by atoms with Crippen molar-refractivity contribution in [1.29, 1.82) is 0 Å². The van der Waals surface area contributed by atoms with Crippen LogP contribution in [-0.4, -0.2) is 38.8 Å². The van der Waals surface area contributed by atoms with E-state index in [1.54, 1.807) is 0 Å². The van der Waals surface area contributed by atoms with Gasteiger partial charge in [0, 0.05) is 41.7 Å². The van der Waals surface area contributed by atoms with Crippen LogP contribution in [0.5, 0.6) is 0 Å². The van der Waals surface area contributed by atoms with Crippen LogP contribution in [0.2, 0.25) is 0 Å². The number of nitrogens with zero attached hydrogens (tertiary/aromatic N) is 2. The Balaban J connectivity index is 1.33. The average Bonchev–Trinajstić information content (AvgIpc) is 3.34. The Labute approximate surface area is 151 Å². The van der Waals surface area contributed by atoms with Gasteiger partial charge in [-0.3, -0.25) is 4.79 Å². The number of carbonyl (C=O) groups excluding carboxylic acids is 1. The number of carbonyl (C=O) groups is 1. The topological polar surface area (TPSA) is 64.8 Å². The van der Waals surface area contributed by atoms with Crippen LogP contribution in [0.3, 0.4) is 0 Å². The van der Waals surface area contributed by atoms with E-state index >= 15 is 0 Å². The van der Waals surface area contributed by atoms with E-state index in [2.05, 4.69) is 16.0 Å². The standard InChI is InChI=1S/C21H20N4O/c26-21(16-4-3-7-17-15(16)8-11-22-17)25-12-9-14(10-13-25)20-23-18-5-1-2-6-19(18)24-20/h1-8,11,14,22H,9-10,12-13H2,(H,23,24). The minimum atomic E-state index is 0.123. The Kier molecular flexibility index (Phi) is 3.52. The number of nitrogens with one attached hydrogen (secondary N) is 2. The first-order valence-electron chi connectivity index (χ1n) is 9.09. The molecule has 5 heteroatoms. The molecule has 0 unspecified atom stereocenters. The van der Waals surface area contributed by atoms with E-state index in [9.17, 15) is 4.79 Å². The molecular weight excluding hydrogens is 324 g/mol. The number of likely N-dealkylation sites (tertiary alicyclic amines) is 1. The van der Waals surface area contributed by atoms with E-state index < -0.39 is 0 Å². The molecule has 3 heterocycles. The summed E-state index contributed by atoms with van der Waals surface area (Å²) in [6.45, 7) is 1.53. The molecule has 1 fully saturated rings. The number of amides is 1. The van der Waals surface area contributed by atoms with E-state index in [0.29, 0.717) is 5.92 Å². The first-order valence-corrected chi connectivity index (χ1v) is 9.09. The smallest absolute Gasteiger partial charge is 0.254 e. The lowest BCUT2D eigenvalue weighted by molar-refractivity contribution is 0.0713. The van der Waals surface area contributed by atoms with Gasteiger partial charge in [-0.25, -0.2) is 4.98 Å². The minimum Gasteiger partial charge on any atom is -0.361 e. The molecule has 26 heavy (non-hydrogen) atoms. The van der Waals surface area contributed by atoms with Gasteiger partial charge in [-0.1, -0.05) is 18.2 Å². The van der Waals surface area contributed by atoms with Gasteiger partial charge >= 0.3 is 0 Å². The summed E-state index contributed by atoms with van der Waals surface area (Å²) in [7, 11) is 0. The molecule has 0 atom stereocenters. The number of para-hydroxylation sites is 2. The molecule has 2 N–H and O–H groups in total. The van der Waals surface area contributed by atoms with Gasteiger partial charge in [0.1, 0.15) is 5.82 Å². The maximum atomic E-state index is 13.0. The summed E-state index contributed by atoms with van der Waals surface area (Å²) in [5, 5.41) is 0.997. The summed E-state index contributed by atoms with van der Waals surface area (Å²) in [5.74, 6) is 1.55. The Bertz CT molecular complexity index is 1050. The number of benzene rings is 2. The Morgan fingerprint density at radius 3 is 2.65 bits per heavy atom. The van der Waals surface area contributed by atoms with E-state index in [-0.39, 0.29) is 5.91 Å². The van der Waals surface area contributed by atoms with Gasteiger partial charge in [0.2, 0.25) is 0 Å². The van der Waals surface area contributed by atoms with Crippen LogP contribution in [-0.2, 0) is 0 Å². The van der Waals surface area contributed by atoms with Crippen LogP contribution in [0.4, 0.5) is 0 Å². The minimum absolute atomic E-state index is 0.123. The van der Waals surface area contributed by atoms with Crippen molar-refractivity contribution in [3.05, 3.63) is 66.1 Å². The normalized spacial score (nSPS) is 15.8. The fraction of sp³-hybridized carbons (Fsp3) is 0.238. The number of piperidine rings is 1. The second-order valence-corrected chi connectivity index (χ2v) is 6.95. The Morgan fingerprint density at radius 1 is 1.00 bits per heavy atom. The zero-order valence-corrected chi connectivity index (χ0v) is 14.4. The highest BCUT2D eigenvalue weighted by molar-refractivity contribution is 6.06. The number of fused-ring (bicyclic) bond motifs is 2. The predicted octanol–water partition coefficient (Wildman–Crippen LogP) is 4.06. The van der Waals surface area contributed by atoms with E-state index in [1.165, 1.54) is 0 Å². The van der Waals surface area contributed by atoms with Gasteiger partial charge in [0.05, 0.1) is 11.0 Å². The SMILES string of the molecule is O=C(c1cccc2[nH]ccc12)N1CCC(c2nc3ccccc3[nH]2)CC1. The van der Waals surface area contributed by atoms with Crippen molar-refractivity contribution in [2.75, 3.05) is 13.1 Å². The molecule has 1 aliphatic heterocycles. The maximum absolute atomic E-state index is 13.0. The number of imidazole rings is 1. The van der Waals surface area contributed by atoms with Gasteiger partial charge in [0.25, 0.3) is 5.91 Å². The highest BCUT2D eigenvalue weighted by Gasteiger charge is 2.27. The Morgan fingerprint density at radius 2 is 1.81 bits per heavy atom. The number of hydrogen-bond acceptors (Lipinski definition) is 2. The summed E-state index contributed by atoms with van der Waals surface area (Å²) in [4.78, 5) is 26.3. The van der Waals surface area contributed by atoms with Crippen LogP contribution < -0.4 is 0 Å². The molecule has 0 saturated carbocycles. The third kappa shape index (κ3) is 2.47. The first kappa shape index (κ1) is 15.2. The number of aromatic amines is 2. The maximum Gasteiger partial charge on any atom is 0.254 e. The van der Waals surface area contributed by atoms with Crippen LogP contribution >= 0.6 is 0 Å². The highest BCUT2D eigenvalue weighted by Crippen LogP contribution is 2.29. The fourth-order valence-corrected chi connectivity index (χ4v) is 3.96. The average molecular weight is 344 g/mol. The largest absolute Gasteiger partial charge is 0.361 e. The first-order chi connectivity index (χ1) is 12.8. The van der Waals surface area contributed by atoms with E-state index in [0.717, 1.165) is 59.3 Å². The second-order valence-electron chi connectivity index (χ2n) is 6.95. The van der Waals surface area contributed by atoms with Crippen molar-refractivity contribution in [2.24, 2.45) is 0 Å². The van der Waals surface area contributed by atoms with Crippen molar-refractivity contribution in [2.45, 2.75) is 18.8 Å². The molecular formula is C21H20N4O. The molecule has 0 radical (unpaired) electrons. The number of aromatic nitrogens is 3. The molecule has 4 aromatic rings. The number of H-pyrrole nitrogens is 2. The van der Waals surface area contributed by atoms with Crippen LogP contribution in [0.15, 0.2) is 54.7 Å². The quantitative estimate of drug-likeness (QED) is 0.576. The molecule has 130 valence electrons. The molecule has 5 nitrogen and oxygen atoms in total. The van der Waals surface area contributed by atoms with Gasteiger partial charge in [-0.05, 0) is 43.2 Å². The third-order valence-electron chi connectivity index (χ3n) is 5.40. The predicted molar refractivity (Wildman–Crippen MR) is 102 cm³/mol. The summed E-state index contributed by atoms with van der Waals surface area (Å²) in [6.07, 6.45) is 3.76. The monoisotopic (exact) mass is 344 g/mol. The zero-order valence-electron chi connectivity index (χ0n) is 14.4.